The van der Waals surface area contributed by atoms with Crippen LogP contribution in [-0.4, -0.2) is 12.3 Å². The number of rotatable bonds is 4. The summed E-state index contributed by atoms with van der Waals surface area (Å²) >= 11 is 0. The van der Waals surface area contributed by atoms with Crippen molar-refractivity contribution in [2.45, 2.75) is 19.8 Å². The Bertz CT molecular complexity index is 138. The summed E-state index contributed by atoms with van der Waals surface area (Å²) in [7, 11) is 0. The normalized spacial score (nSPS) is 9.70. The Balaban J connectivity index is 3.38. The number of hydrogen-bond donors (Lipinski definition) is 0. The molecule has 3 nitrogen and oxygen atoms in total. The molecule has 0 aliphatic heterocycles. The van der Waals surface area contributed by atoms with Crippen LogP contribution in [0.25, 0.3) is 0 Å². The summed E-state index contributed by atoms with van der Waals surface area (Å²) in [6.07, 6.45) is 3.93. The maximum atomic E-state index is 10.5. The van der Waals surface area contributed by atoms with E-state index in [-0.39, 0.29) is 5.97 Å². The van der Waals surface area contributed by atoms with Gasteiger partial charge >= 0.3 is 5.97 Å². The van der Waals surface area contributed by atoms with E-state index in [9.17, 15) is 9.59 Å². The highest BCUT2D eigenvalue weighted by Gasteiger charge is 1.95. The third-order valence-corrected chi connectivity index (χ3v) is 0.811. The van der Waals surface area contributed by atoms with E-state index in [0.29, 0.717) is 12.7 Å². The maximum Gasteiger partial charge on any atom is 0.310 e. The monoisotopic (exact) mass is 142 g/mol. The van der Waals surface area contributed by atoms with Crippen molar-refractivity contribution in [2.75, 3.05) is 0 Å². The van der Waals surface area contributed by atoms with Crippen LogP contribution in [0.1, 0.15) is 19.8 Å². The van der Waals surface area contributed by atoms with E-state index in [2.05, 4.69) is 4.74 Å². The fourth-order valence-corrected chi connectivity index (χ4v) is 0.410. The van der Waals surface area contributed by atoms with Gasteiger partial charge in [-0.05, 0) is 6.42 Å². The molecule has 0 rings (SSSR count). The van der Waals surface area contributed by atoms with Crippen molar-refractivity contribution in [3.8, 4) is 0 Å². The molecule has 0 aliphatic rings. The van der Waals surface area contributed by atoms with Crippen LogP contribution in [0.2, 0.25) is 0 Å². The Morgan fingerprint density at radius 2 is 2.30 bits per heavy atom. The van der Waals surface area contributed by atoms with Crippen LogP contribution < -0.4 is 0 Å². The summed E-state index contributed by atoms with van der Waals surface area (Å²) in [6, 6.07) is 0. The maximum absolute atomic E-state index is 10.5. The predicted octanol–water partition coefficient (Wildman–Crippen LogP) is 1.04. The van der Waals surface area contributed by atoms with Crippen molar-refractivity contribution in [3.05, 3.63) is 12.3 Å². The van der Waals surface area contributed by atoms with Crippen molar-refractivity contribution < 1.29 is 14.3 Å². The van der Waals surface area contributed by atoms with Crippen molar-refractivity contribution in [3.63, 3.8) is 0 Å². The van der Waals surface area contributed by atoms with Crippen molar-refractivity contribution >= 4 is 12.3 Å². The fourth-order valence-electron chi connectivity index (χ4n) is 0.410. The lowest BCUT2D eigenvalue weighted by Gasteiger charge is -1.93. The zero-order valence-corrected chi connectivity index (χ0v) is 5.87. The number of carbonyl (C=O) groups is 2. The Hall–Kier alpha value is -1.12. The average Bonchev–Trinajstić information content (AvgIpc) is 1.89. The first kappa shape index (κ1) is 8.88. The molecule has 0 heterocycles. The standard InChI is InChI=1S/C7H10O3/c1-2-4-7(9)10-6-3-5-8/h3,5-6H,2,4H2,1H3/b6-3+. The minimum absolute atomic E-state index is 0.305. The lowest BCUT2D eigenvalue weighted by atomic mass is 10.3. The highest BCUT2D eigenvalue weighted by Crippen LogP contribution is 1.90. The average molecular weight is 142 g/mol. The molecule has 0 saturated heterocycles. The zero-order chi connectivity index (χ0) is 7.82. The van der Waals surface area contributed by atoms with Crippen molar-refractivity contribution in [1.29, 1.82) is 0 Å². The third kappa shape index (κ3) is 5.03. The van der Waals surface area contributed by atoms with E-state index in [1.165, 1.54) is 0 Å². The number of esters is 1. The molecule has 3 heteroatoms. The molecule has 0 aromatic heterocycles. The summed E-state index contributed by atoms with van der Waals surface area (Å²) in [6.45, 7) is 1.88. The minimum Gasteiger partial charge on any atom is -0.434 e. The molecule has 0 bridgehead atoms. The van der Waals surface area contributed by atoms with Gasteiger partial charge in [-0.15, -0.1) is 0 Å². The number of carbonyl (C=O) groups excluding carboxylic acids is 2. The summed E-state index contributed by atoms with van der Waals surface area (Å²) in [4.78, 5) is 20.2. The topological polar surface area (TPSA) is 43.4 Å². The number of ether oxygens (including phenoxy) is 1. The Kier molecular flexibility index (Phi) is 5.33. The molecule has 0 saturated carbocycles. The molecule has 0 aliphatic carbocycles. The first-order chi connectivity index (χ1) is 4.81. The lowest BCUT2D eigenvalue weighted by molar-refractivity contribution is -0.138. The molecule has 0 spiro atoms. The van der Waals surface area contributed by atoms with Crippen LogP contribution in [0.5, 0.6) is 0 Å². The van der Waals surface area contributed by atoms with E-state index < -0.39 is 0 Å². The molecule has 0 amide bonds. The van der Waals surface area contributed by atoms with Crippen LogP contribution in [0.4, 0.5) is 0 Å². The largest absolute Gasteiger partial charge is 0.434 e. The highest BCUT2D eigenvalue weighted by molar-refractivity contribution is 5.71. The second-order valence-corrected chi connectivity index (χ2v) is 1.70. The second kappa shape index (κ2) is 6.01. The molecule has 0 N–H and O–H groups in total. The highest BCUT2D eigenvalue weighted by atomic mass is 16.5. The van der Waals surface area contributed by atoms with Gasteiger partial charge in [0.05, 0.1) is 6.26 Å². The van der Waals surface area contributed by atoms with Crippen LogP contribution in [0.3, 0.4) is 0 Å². The van der Waals surface area contributed by atoms with Gasteiger partial charge in [0, 0.05) is 12.5 Å². The van der Waals surface area contributed by atoms with Gasteiger partial charge in [0.1, 0.15) is 6.29 Å². The SMILES string of the molecule is CCCC(=O)O/C=C/C=O. The van der Waals surface area contributed by atoms with Gasteiger partial charge in [-0.25, -0.2) is 0 Å². The summed E-state index contributed by atoms with van der Waals surface area (Å²) in [5, 5.41) is 0. The molecular weight excluding hydrogens is 132 g/mol. The van der Waals surface area contributed by atoms with E-state index in [1.807, 2.05) is 6.92 Å². The quantitative estimate of drug-likeness (QED) is 0.255. The summed E-state index contributed by atoms with van der Waals surface area (Å²) < 4.78 is 4.47. The molecule has 0 aromatic rings. The molecule has 0 fully saturated rings. The lowest BCUT2D eigenvalue weighted by Crippen LogP contribution is -1.97. The van der Waals surface area contributed by atoms with Gasteiger partial charge < -0.3 is 4.74 Å². The second-order valence-electron chi connectivity index (χ2n) is 1.70. The fraction of sp³-hybridized carbons (Fsp3) is 0.429. The Morgan fingerprint density at radius 1 is 1.60 bits per heavy atom. The first-order valence-electron chi connectivity index (χ1n) is 3.11. The van der Waals surface area contributed by atoms with Crippen LogP contribution >= 0.6 is 0 Å². The minimum atomic E-state index is -0.305. The number of allylic oxidation sites excluding steroid dienone is 1. The van der Waals surface area contributed by atoms with E-state index >= 15 is 0 Å². The van der Waals surface area contributed by atoms with Gasteiger partial charge in [-0.1, -0.05) is 6.92 Å². The van der Waals surface area contributed by atoms with Gasteiger partial charge in [0.2, 0.25) is 0 Å². The van der Waals surface area contributed by atoms with Crippen molar-refractivity contribution in [1.82, 2.24) is 0 Å². The smallest absolute Gasteiger partial charge is 0.310 e. The molecule has 0 radical (unpaired) electrons. The Labute approximate surface area is 59.7 Å². The van der Waals surface area contributed by atoms with Gasteiger partial charge in [-0.2, -0.15) is 0 Å². The van der Waals surface area contributed by atoms with E-state index in [0.717, 1.165) is 18.8 Å². The van der Waals surface area contributed by atoms with Gasteiger partial charge in [0.25, 0.3) is 0 Å². The summed E-state index contributed by atoms with van der Waals surface area (Å²) in [5.41, 5.74) is 0. The molecule has 10 heavy (non-hydrogen) atoms. The first-order valence-corrected chi connectivity index (χ1v) is 3.11. The summed E-state index contributed by atoms with van der Waals surface area (Å²) in [5.74, 6) is -0.305. The van der Waals surface area contributed by atoms with Crippen LogP contribution in [0.15, 0.2) is 12.3 Å². The molecule has 0 aromatic carbocycles. The third-order valence-electron chi connectivity index (χ3n) is 0.811. The predicted molar refractivity (Wildman–Crippen MR) is 36.2 cm³/mol. The van der Waals surface area contributed by atoms with Gasteiger partial charge in [0.15, 0.2) is 0 Å². The zero-order valence-electron chi connectivity index (χ0n) is 5.87. The van der Waals surface area contributed by atoms with E-state index in [1.54, 1.807) is 0 Å². The Morgan fingerprint density at radius 3 is 2.80 bits per heavy atom. The molecule has 56 valence electrons. The van der Waals surface area contributed by atoms with Crippen LogP contribution in [0, 0.1) is 0 Å². The number of aldehydes is 1. The molecular formula is C7H10O3. The van der Waals surface area contributed by atoms with E-state index in [4.69, 9.17) is 0 Å². The van der Waals surface area contributed by atoms with Crippen molar-refractivity contribution in [2.24, 2.45) is 0 Å². The van der Waals surface area contributed by atoms with Crippen LogP contribution in [-0.2, 0) is 14.3 Å². The molecule has 0 unspecified atom stereocenters. The number of hydrogen-bond acceptors (Lipinski definition) is 3. The molecule has 0 atom stereocenters. The van der Waals surface area contributed by atoms with Gasteiger partial charge in [-0.3, -0.25) is 9.59 Å².